The molecule has 16 heavy (non-hydrogen) atoms. The molecular formula is C14H22N2. The van der Waals surface area contributed by atoms with Crippen LogP contribution in [-0.2, 0) is 6.42 Å². The zero-order valence-corrected chi connectivity index (χ0v) is 10.2. The minimum absolute atomic E-state index is 1.20. The molecular weight excluding hydrogens is 196 g/mol. The van der Waals surface area contributed by atoms with E-state index in [2.05, 4.69) is 34.5 Å². The van der Waals surface area contributed by atoms with Crippen molar-refractivity contribution >= 4 is 5.69 Å². The van der Waals surface area contributed by atoms with Gasteiger partial charge in [0.1, 0.15) is 0 Å². The number of aryl methyl sites for hydroxylation is 1. The number of benzene rings is 1. The highest BCUT2D eigenvalue weighted by molar-refractivity contribution is 5.44. The van der Waals surface area contributed by atoms with Crippen LogP contribution in [0.2, 0.25) is 0 Å². The average molecular weight is 218 g/mol. The molecule has 2 rings (SSSR count). The summed E-state index contributed by atoms with van der Waals surface area (Å²) in [4.78, 5) is 2.59. The monoisotopic (exact) mass is 218 g/mol. The molecule has 0 unspecified atom stereocenters. The number of anilines is 1. The van der Waals surface area contributed by atoms with Gasteiger partial charge in [0.25, 0.3) is 0 Å². The Labute approximate surface area is 98.7 Å². The first-order chi connectivity index (χ1) is 7.88. The van der Waals surface area contributed by atoms with Gasteiger partial charge in [-0.05, 0) is 63.0 Å². The molecule has 0 saturated carbocycles. The molecule has 0 atom stereocenters. The molecule has 0 aliphatic carbocycles. The predicted octanol–water partition coefficient (Wildman–Crippen LogP) is 2.76. The summed E-state index contributed by atoms with van der Waals surface area (Å²) in [6.45, 7) is 3.90. The first-order valence-corrected chi connectivity index (χ1v) is 6.37. The Morgan fingerprint density at radius 3 is 2.81 bits per heavy atom. The van der Waals surface area contributed by atoms with Gasteiger partial charge >= 0.3 is 0 Å². The first kappa shape index (κ1) is 11.5. The molecule has 1 aromatic carbocycles. The largest absolute Gasteiger partial charge is 0.388 e. The molecule has 1 aromatic rings. The van der Waals surface area contributed by atoms with Gasteiger partial charge in [0, 0.05) is 12.7 Å². The SMILES string of the molecule is CNc1cccc(CCCN2CCCC2)c1. The van der Waals surface area contributed by atoms with Crippen LogP contribution in [0.5, 0.6) is 0 Å². The summed E-state index contributed by atoms with van der Waals surface area (Å²) in [6.07, 6.45) is 5.28. The van der Waals surface area contributed by atoms with Crippen molar-refractivity contribution in [2.75, 3.05) is 32.0 Å². The van der Waals surface area contributed by atoms with Gasteiger partial charge in [-0.2, -0.15) is 0 Å². The van der Waals surface area contributed by atoms with Gasteiger partial charge in [0.2, 0.25) is 0 Å². The highest BCUT2D eigenvalue weighted by atomic mass is 15.1. The van der Waals surface area contributed by atoms with Gasteiger partial charge in [-0.15, -0.1) is 0 Å². The van der Waals surface area contributed by atoms with E-state index in [0.717, 1.165) is 0 Å². The smallest absolute Gasteiger partial charge is 0.0340 e. The third-order valence-electron chi connectivity index (χ3n) is 3.35. The lowest BCUT2D eigenvalue weighted by Gasteiger charge is -2.14. The molecule has 0 aromatic heterocycles. The Morgan fingerprint density at radius 1 is 1.25 bits per heavy atom. The summed E-state index contributed by atoms with van der Waals surface area (Å²) in [5, 5.41) is 3.19. The highest BCUT2D eigenvalue weighted by Crippen LogP contribution is 2.13. The van der Waals surface area contributed by atoms with Crippen molar-refractivity contribution in [2.24, 2.45) is 0 Å². The average Bonchev–Trinajstić information content (AvgIpc) is 2.82. The molecule has 2 nitrogen and oxygen atoms in total. The van der Waals surface area contributed by atoms with E-state index in [1.807, 2.05) is 7.05 Å². The third kappa shape index (κ3) is 3.24. The molecule has 1 aliphatic rings. The number of hydrogen-bond donors (Lipinski definition) is 1. The van der Waals surface area contributed by atoms with E-state index in [4.69, 9.17) is 0 Å². The van der Waals surface area contributed by atoms with Crippen LogP contribution in [-0.4, -0.2) is 31.6 Å². The minimum atomic E-state index is 1.20. The van der Waals surface area contributed by atoms with Crippen molar-refractivity contribution in [3.8, 4) is 0 Å². The fourth-order valence-electron chi connectivity index (χ4n) is 2.40. The molecule has 1 aliphatic heterocycles. The Bertz CT molecular complexity index is 316. The lowest BCUT2D eigenvalue weighted by atomic mass is 10.1. The van der Waals surface area contributed by atoms with E-state index in [0.29, 0.717) is 0 Å². The summed E-state index contributed by atoms with van der Waals surface area (Å²) >= 11 is 0. The summed E-state index contributed by atoms with van der Waals surface area (Å²) < 4.78 is 0. The quantitative estimate of drug-likeness (QED) is 0.817. The van der Waals surface area contributed by atoms with Gasteiger partial charge < -0.3 is 10.2 Å². The van der Waals surface area contributed by atoms with Crippen LogP contribution in [0.1, 0.15) is 24.8 Å². The summed E-state index contributed by atoms with van der Waals surface area (Å²) in [5.41, 5.74) is 2.67. The molecule has 0 amide bonds. The molecule has 0 radical (unpaired) electrons. The van der Waals surface area contributed by atoms with E-state index >= 15 is 0 Å². The minimum Gasteiger partial charge on any atom is -0.388 e. The second-order valence-corrected chi connectivity index (χ2v) is 4.60. The molecule has 1 N–H and O–H groups in total. The Morgan fingerprint density at radius 2 is 2.06 bits per heavy atom. The van der Waals surface area contributed by atoms with E-state index in [1.54, 1.807) is 0 Å². The van der Waals surface area contributed by atoms with E-state index in [-0.39, 0.29) is 0 Å². The predicted molar refractivity (Wildman–Crippen MR) is 70.0 cm³/mol. The number of likely N-dealkylation sites (tertiary alicyclic amines) is 1. The van der Waals surface area contributed by atoms with Gasteiger partial charge in [0.15, 0.2) is 0 Å². The van der Waals surface area contributed by atoms with Gasteiger partial charge in [-0.25, -0.2) is 0 Å². The molecule has 0 spiro atoms. The van der Waals surface area contributed by atoms with Crippen LogP contribution in [0, 0.1) is 0 Å². The zero-order valence-electron chi connectivity index (χ0n) is 10.2. The molecule has 0 bridgehead atoms. The molecule has 1 heterocycles. The maximum atomic E-state index is 3.19. The van der Waals surface area contributed by atoms with Crippen molar-refractivity contribution in [1.29, 1.82) is 0 Å². The van der Waals surface area contributed by atoms with Crippen molar-refractivity contribution in [2.45, 2.75) is 25.7 Å². The van der Waals surface area contributed by atoms with Crippen molar-refractivity contribution in [3.63, 3.8) is 0 Å². The second-order valence-electron chi connectivity index (χ2n) is 4.60. The topological polar surface area (TPSA) is 15.3 Å². The first-order valence-electron chi connectivity index (χ1n) is 6.37. The fourth-order valence-corrected chi connectivity index (χ4v) is 2.40. The Kier molecular flexibility index (Phi) is 4.23. The number of nitrogens with one attached hydrogen (secondary N) is 1. The van der Waals surface area contributed by atoms with E-state index in [9.17, 15) is 0 Å². The van der Waals surface area contributed by atoms with Crippen LogP contribution in [0.4, 0.5) is 5.69 Å². The maximum absolute atomic E-state index is 3.19. The van der Waals surface area contributed by atoms with Crippen molar-refractivity contribution < 1.29 is 0 Å². The fraction of sp³-hybridized carbons (Fsp3) is 0.571. The standard InChI is InChI=1S/C14H22N2/c1-15-14-8-4-6-13(12-14)7-5-11-16-9-2-3-10-16/h4,6,8,12,15H,2-3,5,7,9-11H2,1H3. The molecule has 1 fully saturated rings. The van der Waals surface area contributed by atoms with Crippen molar-refractivity contribution in [3.05, 3.63) is 29.8 Å². The molecule has 1 saturated heterocycles. The maximum Gasteiger partial charge on any atom is 0.0340 e. The van der Waals surface area contributed by atoms with E-state index < -0.39 is 0 Å². The second kappa shape index (κ2) is 5.90. The Balaban J connectivity index is 1.75. The van der Waals surface area contributed by atoms with Crippen LogP contribution in [0.25, 0.3) is 0 Å². The molecule has 2 heteroatoms. The van der Waals surface area contributed by atoms with Crippen LogP contribution in [0.15, 0.2) is 24.3 Å². The zero-order chi connectivity index (χ0) is 11.2. The number of hydrogen-bond acceptors (Lipinski definition) is 2. The Hall–Kier alpha value is -1.02. The lowest BCUT2D eigenvalue weighted by Crippen LogP contribution is -2.20. The summed E-state index contributed by atoms with van der Waals surface area (Å²) in [6, 6.07) is 8.73. The van der Waals surface area contributed by atoms with E-state index in [1.165, 1.54) is 56.6 Å². The lowest BCUT2D eigenvalue weighted by molar-refractivity contribution is 0.334. The highest BCUT2D eigenvalue weighted by Gasteiger charge is 2.10. The van der Waals surface area contributed by atoms with Crippen LogP contribution in [0.3, 0.4) is 0 Å². The van der Waals surface area contributed by atoms with Crippen LogP contribution >= 0.6 is 0 Å². The molecule has 88 valence electrons. The summed E-state index contributed by atoms with van der Waals surface area (Å²) in [5.74, 6) is 0. The van der Waals surface area contributed by atoms with Crippen molar-refractivity contribution in [1.82, 2.24) is 4.90 Å². The normalized spacial score (nSPS) is 16.6. The van der Waals surface area contributed by atoms with Gasteiger partial charge in [0.05, 0.1) is 0 Å². The third-order valence-corrected chi connectivity index (χ3v) is 3.35. The van der Waals surface area contributed by atoms with Gasteiger partial charge in [-0.3, -0.25) is 0 Å². The van der Waals surface area contributed by atoms with Crippen LogP contribution < -0.4 is 5.32 Å². The summed E-state index contributed by atoms with van der Waals surface area (Å²) in [7, 11) is 1.98. The van der Waals surface area contributed by atoms with Gasteiger partial charge in [-0.1, -0.05) is 12.1 Å². The number of rotatable bonds is 5. The number of nitrogens with zero attached hydrogens (tertiary/aromatic N) is 1.